The molecular formula is C36H21NS. The molecule has 2 aromatic heterocycles. The standard InChI is InChI=1S/C36H21NS/c1-2-12-23-22(10-1)11-9-18-29(23)37-30-20-21-32-33(28-17-7-8-19-31(28)38-32)35(30)34-26-15-5-3-13-24(26)25-14-4-6-16-27(25)36(34)37/h1-21H. The number of fused-ring (bicyclic) bond motifs is 13. The van der Waals surface area contributed by atoms with E-state index in [9.17, 15) is 0 Å². The van der Waals surface area contributed by atoms with Crippen molar-refractivity contribution in [3.8, 4) is 5.69 Å². The summed E-state index contributed by atoms with van der Waals surface area (Å²) in [6, 6.07) is 46.8. The maximum absolute atomic E-state index is 2.54. The summed E-state index contributed by atoms with van der Waals surface area (Å²) in [6.45, 7) is 0. The Kier molecular flexibility index (Phi) is 3.99. The van der Waals surface area contributed by atoms with Crippen molar-refractivity contribution < 1.29 is 0 Å². The summed E-state index contributed by atoms with van der Waals surface area (Å²) < 4.78 is 5.22. The molecule has 0 amide bonds. The lowest BCUT2D eigenvalue weighted by Gasteiger charge is -2.14. The van der Waals surface area contributed by atoms with Crippen molar-refractivity contribution in [3.05, 3.63) is 127 Å². The number of rotatable bonds is 1. The van der Waals surface area contributed by atoms with Crippen LogP contribution in [0.5, 0.6) is 0 Å². The summed E-state index contributed by atoms with van der Waals surface area (Å²) in [6.07, 6.45) is 0. The molecule has 2 heterocycles. The minimum absolute atomic E-state index is 1.22. The molecule has 9 aromatic rings. The van der Waals surface area contributed by atoms with Crippen LogP contribution in [-0.2, 0) is 0 Å². The zero-order valence-electron chi connectivity index (χ0n) is 20.5. The zero-order chi connectivity index (χ0) is 24.8. The lowest BCUT2D eigenvalue weighted by atomic mass is 9.95. The topological polar surface area (TPSA) is 4.93 Å². The summed E-state index contributed by atoms with van der Waals surface area (Å²) in [5.74, 6) is 0. The first-order valence-electron chi connectivity index (χ1n) is 13.0. The highest BCUT2D eigenvalue weighted by molar-refractivity contribution is 7.26. The Hall–Kier alpha value is -4.66. The fraction of sp³-hybridized carbons (Fsp3) is 0. The normalized spacial score (nSPS) is 12.2. The van der Waals surface area contributed by atoms with Crippen LogP contribution in [0.15, 0.2) is 127 Å². The molecule has 2 heteroatoms. The van der Waals surface area contributed by atoms with E-state index in [1.54, 1.807) is 0 Å². The van der Waals surface area contributed by atoms with Gasteiger partial charge >= 0.3 is 0 Å². The van der Waals surface area contributed by atoms with Gasteiger partial charge in [0.05, 0.1) is 16.7 Å². The van der Waals surface area contributed by atoms with E-state index in [1.165, 1.54) is 80.0 Å². The highest BCUT2D eigenvalue weighted by atomic mass is 32.1. The van der Waals surface area contributed by atoms with Crippen LogP contribution >= 0.6 is 11.3 Å². The van der Waals surface area contributed by atoms with Crippen molar-refractivity contribution in [3.63, 3.8) is 0 Å². The van der Waals surface area contributed by atoms with Crippen LogP contribution in [0, 0.1) is 0 Å². The Labute approximate surface area is 222 Å². The van der Waals surface area contributed by atoms with Gasteiger partial charge in [-0.3, -0.25) is 0 Å². The smallest absolute Gasteiger partial charge is 0.0626 e. The largest absolute Gasteiger partial charge is 0.308 e. The molecule has 0 spiro atoms. The maximum atomic E-state index is 2.54. The van der Waals surface area contributed by atoms with Gasteiger partial charge in [-0.15, -0.1) is 11.3 Å². The highest BCUT2D eigenvalue weighted by Crippen LogP contribution is 2.48. The minimum atomic E-state index is 1.22. The number of hydrogen-bond acceptors (Lipinski definition) is 1. The summed E-state index contributed by atoms with van der Waals surface area (Å²) in [4.78, 5) is 0. The molecule has 1 nitrogen and oxygen atoms in total. The van der Waals surface area contributed by atoms with Gasteiger partial charge in [-0.1, -0.05) is 103 Å². The second-order valence-electron chi connectivity index (χ2n) is 10.1. The van der Waals surface area contributed by atoms with Crippen LogP contribution in [0.2, 0.25) is 0 Å². The van der Waals surface area contributed by atoms with E-state index in [4.69, 9.17) is 0 Å². The number of hydrogen-bond donors (Lipinski definition) is 0. The van der Waals surface area contributed by atoms with E-state index in [2.05, 4.69) is 132 Å². The fourth-order valence-electron chi connectivity index (χ4n) is 6.63. The second-order valence-corrected chi connectivity index (χ2v) is 11.2. The first-order valence-corrected chi connectivity index (χ1v) is 13.9. The Morgan fingerprint density at radius 2 is 1.03 bits per heavy atom. The van der Waals surface area contributed by atoms with Crippen molar-refractivity contribution in [2.45, 2.75) is 0 Å². The summed E-state index contributed by atoms with van der Waals surface area (Å²) in [5, 5.41) is 13.1. The Bertz CT molecular complexity index is 2400. The lowest BCUT2D eigenvalue weighted by Crippen LogP contribution is -1.96. The van der Waals surface area contributed by atoms with Gasteiger partial charge < -0.3 is 4.57 Å². The van der Waals surface area contributed by atoms with E-state index >= 15 is 0 Å². The van der Waals surface area contributed by atoms with Gasteiger partial charge in [0.1, 0.15) is 0 Å². The molecule has 0 aliphatic heterocycles. The monoisotopic (exact) mass is 499 g/mol. The van der Waals surface area contributed by atoms with Crippen LogP contribution < -0.4 is 0 Å². The van der Waals surface area contributed by atoms with Gasteiger partial charge in [0.25, 0.3) is 0 Å². The van der Waals surface area contributed by atoms with Gasteiger partial charge in [-0.2, -0.15) is 0 Å². The predicted molar refractivity (Wildman–Crippen MR) is 166 cm³/mol. The van der Waals surface area contributed by atoms with E-state index in [0.29, 0.717) is 0 Å². The van der Waals surface area contributed by atoms with Crippen molar-refractivity contribution >= 4 is 85.6 Å². The quantitative estimate of drug-likeness (QED) is 0.198. The SMILES string of the molecule is c1ccc2c(-n3c4ccc5sc6ccccc6c5c4c4c5ccccc5c5ccccc5c43)cccc2c1. The zero-order valence-corrected chi connectivity index (χ0v) is 21.3. The maximum Gasteiger partial charge on any atom is 0.0626 e. The molecule has 0 N–H and O–H groups in total. The van der Waals surface area contributed by atoms with Crippen LogP contribution in [0.4, 0.5) is 0 Å². The van der Waals surface area contributed by atoms with Crippen molar-refractivity contribution in [1.82, 2.24) is 4.57 Å². The number of benzene rings is 7. The van der Waals surface area contributed by atoms with Crippen molar-refractivity contribution in [2.24, 2.45) is 0 Å². The first kappa shape index (κ1) is 20.4. The molecule has 0 saturated heterocycles. The summed E-state index contributed by atoms with van der Waals surface area (Å²) in [5.41, 5.74) is 3.77. The third-order valence-corrected chi connectivity index (χ3v) is 9.29. The average Bonchev–Trinajstić information content (AvgIpc) is 3.53. The van der Waals surface area contributed by atoms with Gasteiger partial charge in [0, 0.05) is 41.7 Å². The predicted octanol–water partition coefficient (Wildman–Crippen LogP) is 10.6. The summed E-state index contributed by atoms with van der Waals surface area (Å²) in [7, 11) is 0. The van der Waals surface area contributed by atoms with Gasteiger partial charge in [0.15, 0.2) is 0 Å². The molecule has 0 saturated carbocycles. The molecule has 0 unspecified atom stereocenters. The number of nitrogens with zero attached hydrogens (tertiary/aromatic N) is 1. The van der Waals surface area contributed by atoms with Crippen LogP contribution in [-0.4, -0.2) is 4.57 Å². The van der Waals surface area contributed by atoms with E-state index in [-0.39, 0.29) is 0 Å². The molecule has 0 aliphatic carbocycles. The van der Waals surface area contributed by atoms with E-state index in [0.717, 1.165) is 0 Å². The van der Waals surface area contributed by atoms with Gasteiger partial charge in [0.2, 0.25) is 0 Å². The molecule has 0 bridgehead atoms. The van der Waals surface area contributed by atoms with Crippen LogP contribution in [0.3, 0.4) is 0 Å². The molecule has 0 aliphatic rings. The fourth-order valence-corrected chi connectivity index (χ4v) is 7.74. The minimum Gasteiger partial charge on any atom is -0.308 e. The Morgan fingerprint density at radius 1 is 0.395 bits per heavy atom. The number of aromatic nitrogens is 1. The molecule has 38 heavy (non-hydrogen) atoms. The second kappa shape index (κ2) is 7.44. The Morgan fingerprint density at radius 3 is 1.87 bits per heavy atom. The molecular weight excluding hydrogens is 478 g/mol. The van der Waals surface area contributed by atoms with Gasteiger partial charge in [-0.25, -0.2) is 0 Å². The van der Waals surface area contributed by atoms with Crippen molar-refractivity contribution in [2.75, 3.05) is 0 Å². The summed E-state index contributed by atoms with van der Waals surface area (Å²) >= 11 is 1.89. The Balaban J connectivity index is 1.67. The first-order chi connectivity index (χ1) is 18.9. The molecule has 0 radical (unpaired) electrons. The lowest BCUT2D eigenvalue weighted by molar-refractivity contribution is 1.21. The average molecular weight is 500 g/mol. The van der Waals surface area contributed by atoms with Crippen LogP contribution in [0.1, 0.15) is 0 Å². The molecule has 9 rings (SSSR count). The molecule has 7 aromatic carbocycles. The molecule has 176 valence electrons. The van der Waals surface area contributed by atoms with Crippen molar-refractivity contribution in [1.29, 1.82) is 0 Å². The third-order valence-electron chi connectivity index (χ3n) is 8.15. The van der Waals surface area contributed by atoms with E-state index in [1.807, 2.05) is 11.3 Å². The molecule has 0 atom stereocenters. The highest BCUT2D eigenvalue weighted by Gasteiger charge is 2.22. The molecule has 0 fully saturated rings. The van der Waals surface area contributed by atoms with Crippen LogP contribution in [0.25, 0.3) is 80.0 Å². The third kappa shape index (κ3) is 2.55. The van der Waals surface area contributed by atoms with E-state index < -0.39 is 0 Å². The number of thiophene rings is 1. The van der Waals surface area contributed by atoms with Gasteiger partial charge in [-0.05, 0) is 45.8 Å².